The van der Waals surface area contributed by atoms with E-state index in [1.807, 2.05) is 18.2 Å². The van der Waals surface area contributed by atoms with Crippen molar-refractivity contribution in [1.82, 2.24) is 4.72 Å². The lowest BCUT2D eigenvalue weighted by Gasteiger charge is -2.23. The van der Waals surface area contributed by atoms with Crippen LogP contribution in [0.4, 0.5) is 0 Å². The quantitative estimate of drug-likeness (QED) is 0.707. The number of ether oxygens (including phenoxy) is 3. The summed E-state index contributed by atoms with van der Waals surface area (Å²) in [6, 6.07) is 12.0. The van der Waals surface area contributed by atoms with Crippen LogP contribution in [0.25, 0.3) is 0 Å². The molecule has 0 saturated carbocycles. The number of sulfonamides is 1. The normalized spacial score (nSPS) is 12.7. The number of nitrogens with one attached hydrogen (secondary N) is 1. The van der Waals surface area contributed by atoms with Gasteiger partial charge in [-0.05, 0) is 53.8 Å². The van der Waals surface area contributed by atoms with Gasteiger partial charge in [-0.1, -0.05) is 19.9 Å². The van der Waals surface area contributed by atoms with Crippen molar-refractivity contribution in [2.45, 2.75) is 24.7 Å². The number of benzene rings is 2. The molecule has 0 amide bonds. The molecule has 7 heteroatoms. The van der Waals surface area contributed by atoms with E-state index in [0.717, 1.165) is 5.56 Å². The maximum absolute atomic E-state index is 12.6. The fourth-order valence-corrected chi connectivity index (χ4v) is 3.92. The molecule has 6 nitrogen and oxygen atoms in total. The van der Waals surface area contributed by atoms with Crippen LogP contribution in [0, 0.1) is 5.92 Å². The van der Waals surface area contributed by atoms with Crippen molar-refractivity contribution in [1.29, 1.82) is 0 Å². The summed E-state index contributed by atoms with van der Waals surface area (Å²) in [7, 11) is 1.09. The lowest BCUT2D eigenvalue weighted by Crippen LogP contribution is -2.30. The van der Waals surface area contributed by atoms with Crippen LogP contribution in [0.15, 0.2) is 47.4 Å². The first-order valence-corrected chi connectivity index (χ1v) is 10.2. The molecular formula is C20H27NO5S. The van der Waals surface area contributed by atoms with Crippen molar-refractivity contribution in [2.24, 2.45) is 5.92 Å². The van der Waals surface area contributed by atoms with Crippen LogP contribution in [0.5, 0.6) is 17.2 Å². The first-order valence-electron chi connectivity index (χ1n) is 8.68. The average molecular weight is 394 g/mol. The second-order valence-corrected chi connectivity index (χ2v) is 8.26. The predicted octanol–water partition coefficient (Wildman–Crippen LogP) is 3.43. The fraction of sp³-hybridized carbons (Fsp3) is 0.400. The summed E-state index contributed by atoms with van der Waals surface area (Å²) in [4.78, 5) is 0.207. The van der Waals surface area contributed by atoms with Gasteiger partial charge in [-0.15, -0.1) is 0 Å². The van der Waals surface area contributed by atoms with Gasteiger partial charge in [-0.25, -0.2) is 13.1 Å². The molecule has 0 aliphatic heterocycles. The highest BCUT2D eigenvalue weighted by Gasteiger charge is 2.22. The summed E-state index contributed by atoms with van der Waals surface area (Å²) in [5, 5.41) is 0. The molecule has 0 radical (unpaired) electrons. The zero-order valence-corrected chi connectivity index (χ0v) is 17.2. The summed E-state index contributed by atoms with van der Waals surface area (Å²) in [6.07, 6.45) is 0. The number of hydrogen-bond acceptors (Lipinski definition) is 5. The Bertz CT molecular complexity index is 847. The van der Waals surface area contributed by atoms with Crippen LogP contribution in [0.3, 0.4) is 0 Å². The Hall–Kier alpha value is -2.25. The Morgan fingerprint density at radius 2 is 1.52 bits per heavy atom. The van der Waals surface area contributed by atoms with Crippen LogP contribution in [-0.4, -0.2) is 36.3 Å². The van der Waals surface area contributed by atoms with Crippen LogP contribution in [0.2, 0.25) is 0 Å². The molecule has 27 heavy (non-hydrogen) atoms. The van der Waals surface area contributed by atoms with Crippen molar-refractivity contribution in [2.75, 3.05) is 27.9 Å². The van der Waals surface area contributed by atoms with Gasteiger partial charge in [0.1, 0.15) is 5.75 Å². The van der Waals surface area contributed by atoms with Gasteiger partial charge in [-0.3, -0.25) is 0 Å². The summed E-state index contributed by atoms with van der Waals surface area (Å²) >= 11 is 0. The maximum Gasteiger partial charge on any atom is 0.240 e. The standard InChI is InChI=1S/C20H27NO5S/c1-14(2)18(15-6-11-19(25-4)20(12-15)26-5)13-21-27(22,23)17-9-7-16(24-3)8-10-17/h6-12,14,18,21H,13H2,1-5H3. The minimum atomic E-state index is -3.61. The summed E-state index contributed by atoms with van der Waals surface area (Å²) in [6.45, 7) is 4.40. The van der Waals surface area contributed by atoms with Gasteiger partial charge in [-0.2, -0.15) is 0 Å². The molecule has 0 aromatic heterocycles. The van der Waals surface area contributed by atoms with E-state index < -0.39 is 10.0 Å². The minimum Gasteiger partial charge on any atom is -0.497 e. The van der Waals surface area contributed by atoms with E-state index >= 15 is 0 Å². The van der Waals surface area contributed by atoms with Crippen molar-refractivity contribution in [3.8, 4) is 17.2 Å². The molecule has 1 N–H and O–H groups in total. The molecule has 148 valence electrons. The Morgan fingerprint density at radius 3 is 2.04 bits per heavy atom. The van der Waals surface area contributed by atoms with Crippen molar-refractivity contribution < 1.29 is 22.6 Å². The summed E-state index contributed by atoms with van der Waals surface area (Å²) in [5.41, 5.74) is 0.986. The van der Waals surface area contributed by atoms with E-state index in [9.17, 15) is 8.42 Å². The van der Waals surface area contributed by atoms with Gasteiger partial charge in [0.25, 0.3) is 0 Å². The zero-order chi connectivity index (χ0) is 20.0. The molecule has 1 unspecified atom stereocenters. The molecular weight excluding hydrogens is 366 g/mol. The van der Waals surface area contributed by atoms with E-state index in [2.05, 4.69) is 18.6 Å². The van der Waals surface area contributed by atoms with Crippen LogP contribution >= 0.6 is 0 Å². The smallest absolute Gasteiger partial charge is 0.240 e. The molecule has 0 aliphatic carbocycles. The summed E-state index contributed by atoms with van der Waals surface area (Å²) < 4.78 is 43.7. The van der Waals surface area contributed by atoms with Crippen molar-refractivity contribution >= 4 is 10.0 Å². The van der Waals surface area contributed by atoms with Gasteiger partial charge in [0.15, 0.2) is 11.5 Å². The van der Waals surface area contributed by atoms with Gasteiger partial charge in [0.2, 0.25) is 10.0 Å². The average Bonchev–Trinajstić information content (AvgIpc) is 2.67. The third-order valence-electron chi connectivity index (χ3n) is 4.50. The molecule has 2 aromatic carbocycles. The molecule has 2 rings (SSSR count). The van der Waals surface area contributed by atoms with Gasteiger partial charge < -0.3 is 14.2 Å². The molecule has 2 aromatic rings. The minimum absolute atomic E-state index is 0.0159. The monoisotopic (exact) mass is 393 g/mol. The van der Waals surface area contributed by atoms with Crippen molar-refractivity contribution in [3.05, 3.63) is 48.0 Å². The maximum atomic E-state index is 12.6. The lowest BCUT2D eigenvalue weighted by atomic mass is 9.88. The number of rotatable bonds is 9. The first kappa shape index (κ1) is 21.1. The largest absolute Gasteiger partial charge is 0.497 e. The van der Waals surface area contributed by atoms with E-state index in [-0.39, 0.29) is 23.3 Å². The zero-order valence-electron chi connectivity index (χ0n) is 16.4. The molecule has 0 fully saturated rings. The fourth-order valence-electron chi connectivity index (χ4n) is 2.86. The SMILES string of the molecule is COc1ccc(S(=O)(=O)NCC(c2ccc(OC)c(OC)c2)C(C)C)cc1. The molecule has 1 atom stereocenters. The van der Waals surface area contributed by atoms with E-state index in [1.54, 1.807) is 26.4 Å². The molecule has 0 aliphatic rings. The predicted molar refractivity (Wildman–Crippen MR) is 105 cm³/mol. The second kappa shape index (κ2) is 9.10. The van der Waals surface area contributed by atoms with Crippen molar-refractivity contribution in [3.63, 3.8) is 0 Å². The lowest BCUT2D eigenvalue weighted by molar-refractivity contribution is 0.353. The third-order valence-corrected chi connectivity index (χ3v) is 5.94. The van der Waals surface area contributed by atoms with E-state index in [1.165, 1.54) is 19.2 Å². The van der Waals surface area contributed by atoms with Crippen LogP contribution in [0.1, 0.15) is 25.3 Å². The topological polar surface area (TPSA) is 73.9 Å². The Balaban J connectivity index is 2.21. The Kier molecular flexibility index (Phi) is 7.10. The van der Waals surface area contributed by atoms with Crippen LogP contribution < -0.4 is 18.9 Å². The van der Waals surface area contributed by atoms with Gasteiger partial charge >= 0.3 is 0 Å². The number of hydrogen-bond donors (Lipinski definition) is 1. The van der Waals surface area contributed by atoms with E-state index in [0.29, 0.717) is 17.2 Å². The molecule has 0 heterocycles. The van der Waals surface area contributed by atoms with Crippen LogP contribution in [-0.2, 0) is 10.0 Å². The second-order valence-electron chi connectivity index (χ2n) is 6.49. The van der Waals surface area contributed by atoms with Gasteiger partial charge in [0, 0.05) is 6.54 Å². The highest BCUT2D eigenvalue weighted by Crippen LogP contribution is 2.33. The summed E-state index contributed by atoms with van der Waals surface area (Å²) in [5.74, 6) is 2.08. The highest BCUT2D eigenvalue weighted by atomic mass is 32.2. The third kappa shape index (κ3) is 5.14. The first-order chi connectivity index (χ1) is 12.8. The molecule has 0 saturated heterocycles. The Morgan fingerprint density at radius 1 is 0.889 bits per heavy atom. The number of methoxy groups -OCH3 is 3. The molecule has 0 bridgehead atoms. The van der Waals surface area contributed by atoms with Gasteiger partial charge in [0.05, 0.1) is 26.2 Å². The molecule has 0 spiro atoms. The highest BCUT2D eigenvalue weighted by molar-refractivity contribution is 7.89. The Labute approximate surface area is 161 Å². The van der Waals surface area contributed by atoms with E-state index in [4.69, 9.17) is 14.2 Å².